The van der Waals surface area contributed by atoms with Gasteiger partial charge in [0.1, 0.15) is 0 Å². The van der Waals surface area contributed by atoms with Crippen molar-refractivity contribution in [3.63, 3.8) is 0 Å². The van der Waals surface area contributed by atoms with Gasteiger partial charge in [0.25, 0.3) is 0 Å². The first kappa shape index (κ1) is 21.3. The van der Waals surface area contributed by atoms with E-state index >= 15 is 0 Å². The zero-order valence-electron chi connectivity index (χ0n) is 14.2. The van der Waals surface area contributed by atoms with E-state index in [1.54, 1.807) is 0 Å². The van der Waals surface area contributed by atoms with Crippen LogP contribution in [-0.4, -0.2) is 0 Å². The van der Waals surface area contributed by atoms with Gasteiger partial charge in [0.2, 0.25) is 0 Å². The Morgan fingerprint density at radius 1 is 0.556 bits per heavy atom. The third-order valence-electron chi connectivity index (χ3n) is 3.27. The summed E-state index contributed by atoms with van der Waals surface area (Å²) in [6.07, 6.45) is 0. The summed E-state index contributed by atoms with van der Waals surface area (Å²) >= 11 is 0. The molecule has 0 saturated carbocycles. The van der Waals surface area contributed by atoms with E-state index in [9.17, 15) is 25.2 Å². The molecule has 0 amide bonds. The second-order valence-corrected chi connectivity index (χ2v) is 9.57. The molecule has 0 aromatic heterocycles. The molecule has 0 aliphatic heterocycles. The van der Waals surface area contributed by atoms with Crippen LogP contribution in [0.4, 0.5) is 25.2 Å². The fraction of sp³-hybridized carbons (Fsp3) is 0.0526. The van der Waals surface area contributed by atoms with Crippen LogP contribution in [0.5, 0.6) is 0 Å². The van der Waals surface area contributed by atoms with Crippen LogP contribution >= 0.6 is 7.81 Å². The zero-order valence-corrected chi connectivity index (χ0v) is 15.9. The predicted octanol–water partition coefficient (Wildman–Crippen LogP) is 8.47. The van der Waals surface area contributed by atoms with Crippen molar-refractivity contribution in [3.05, 3.63) is 90.5 Å². The normalized spacial score (nSPS) is 13.9. The molecular formula is C19H17F6PS. The topological polar surface area (TPSA) is 0 Å². The van der Waals surface area contributed by atoms with Gasteiger partial charge >= 0.3 is 33.0 Å². The zero-order chi connectivity index (χ0) is 20.2. The number of benzene rings is 3. The van der Waals surface area contributed by atoms with Crippen LogP contribution in [0.2, 0.25) is 0 Å². The number of hydrogen-bond donors (Lipinski definition) is 0. The predicted molar refractivity (Wildman–Crippen MR) is 99.8 cm³/mol. The second kappa shape index (κ2) is 7.21. The van der Waals surface area contributed by atoms with Gasteiger partial charge in [-0.2, -0.15) is 0 Å². The third kappa shape index (κ3) is 8.50. The van der Waals surface area contributed by atoms with Crippen LogP contribution < -0.4 is 0 Å². The third-order valence-corrected chi connectivity index (χ3v) is 5.66. The first-order chi connectivity index (χ1) is 12.3. The quantitative estimate of drug-likeness (QED) is 0.226. The Balaban J connectivity index is 0.000000321. The van der Waals surface area contributed by atoms with Crippen molar-refractivity contribution in [2.45, 2.75) is 21.6 Å². The van der Waals surface area contributed by atoms with Crippen molar-refractivity contribution in [2.24, 2.45) is 0 Å². The number of halogens is 6. The van der Waals surface area contributed by atoms with Gasteiger partial charge < -0.3 is 0 Å². The van der Waals surface area contributed by atoms with Gasteiger partial charge in [-0.1, -0.05) is 54.6 Å². The van der Waals surface area contributed by atoms with Gasteiger partial charge in [-0.15, -0.1) is 0 Å². The Bertz CT molecular complexity index is 830. The minimum atomic E-state index is -10.7. The number of hydrogen-bond acceptors (Lipinski definition) is 0. The van der Waals surface area contributed by atoms with E-state index in [1.807, 2.05) is 0 Å². The Hall–Kier alpha value is -1.98. The summed E-state index contributed by atoms with van der Waals surface area (Å²) in [5.41, 5.74) is 1.35. The SMILES string of the molecule is Cc1ccccc1[S+](c1ccccc1)c1ccccc1.F[P-](F)(F)(F)(F)F. The molecule has 0 atom stereocenters. The van der Waals surface area contributed by atoms with Crippen molar-refractivity contribution in [1.82, 2.24) is 0 Å². The maximum atomic E-state index is 9.87. The molecule has 0 nitrogen and oxygen atoms in total. The molecule has 3 aromatic carbocycles. The number of rotatable bonds is 3. The van der Waals surface area contributed by atoms with Crippen LogP contribution in [0.15, 0.2) is 99.6 Å². The van der Waals surface area contributed by atoms with E-state index in [4.69, 9.17) is 0 Å². The molecule has 3 rings (SSSR count). The summed E-state index contributed by atoms with van der Waals surface area (Å²) in [5, 5.41) is 0. The van der Waals surface area contributed by atoms with Crippen molar-refractivity contribution in [3.8, 4) is 0 Å². The average Bonchev–Trinajstić information content (AvgIpc) is 2.56. The minimum absolute atomic E-state index is 0.0262. The Morgan fingerprint density at radius 3 is 1.26 bits per heavy atom. The standard InChI is InChI=1S/C19H17S.F6P/c1-16-10-8-9-15-19(16)20(17-11-4-2-5-12-17)18-13-6-3-7-14-18;1-7(2,3,4,5)6/h2-15H,1H3;/q+1;-1. The van der Waals surface area contributed by atoms with Gasteiger partial charge in [-0.05, 0) is 37.3 Å². The number of aryl methyl sites for hydroxylation is 1. The van der Waals surface area contributed by atoms with Crippen LogP contribution in [-0.2, 0) is 10.9 Å². The molecule has 0 spiro atoms. The van der Waals surface area contributed by atoms with Crippen molar-refractivity contribution in [1.29, 1.82) is 0 Å². The van der Waals surface area contributed by atoms with Gasteiger partial charge in [-0.25, -0.2) is 0 Å². The Labute approximate surface area is 156 Å². The summed E-state index contributed by atoms with van der Waals surface area (Å²) in [7, 11) is -10.7. The molecule has 146 valence electrons. The Morgan fingerprint density at radius 2 is 0.889 bits per heavy atom. The molecule has 27 heavy (non-hydrogen) atoms. The van der Waals surface area contributed by atoms with Gasteiger partial charge in [0.15, 0.2) is 14.7 Å². The summed E-state index contributed by atoms with van der Waals surface area (Å²) in [6.45, 7) is 2.20. The van der Waals surface area contributed by atoms with Crippen LogP contribution in [0.1, 0.15) is 5.56 Å². The molecule has 0 N–H and O–H groups in total. The fourth-order valence-corrected chi connectivity index (χ4v) is 4.53. The van der Waals surface area contributed by atoms with E-state index in [-0.39, 0.29) is 10.9 Å². The molecule has 8 heteroatoms. The van der Waals surface area contributed by atoms with E-state index in [1.165, 1.54) is 20.2 Å². The van der Waals surface area contributed by atoms with Crippen LogP contribution in [0, 0.1) is 6.92 Å². The summed E-state index contributed by atoms with van der Waals surface area (Å²) in [4.78, 5) is 4.14. The first-order valence-electron chi connectivity index (χ1n) is 7.78. The molecule has 0 saturated heterocycles. The van der Waals surface area contributed by atoms with E-state index in [0.29, 0.717) is 0 Å². The van der Waals surface area contributed by atoms with Gasteiger partial charge in [0.05, 0.1) is 10.9 Å². The average molecular weight is 422 g/mol. The molecule has 0 fully saturated rings. The van der Waals surface area contributed by atoms with Crippen molar-refractivity contribution in [2.75, 3.05) is 0 Å². The maximum absolute atomic E-state index is 10.7. The molecule has 0 radical (unpaired) electrons. The van der Waals surface area contributed by atoms with Crippen LogP contribution in [0.25, 0.3) is 0 Å². The molecule has 0 bridgehead atoms. The van der Waals surface area contributed by atoms with E-state index < -0.39 is 7.81 Å². The monoisotopic (exact) mass is 422 g/mol. The molecular weight excluding hydrogens is 405 g/mol. The first-order valence-corrected chi connectivity index (χ1v) is 11.0. The summed E-state index contributed by atoms with van der Waals surface area (Å²) in [5.74, 6) is 0. The molecule has 0 aliphatic carbocycles. The van der Waals surface area contributed by atoms with Crippen LogP contribution in [0.3, 0.4) is 0 Å². The summed E-state index contributed by atoms with van der Waals surface area (Å²) in [6, 6.07) is 30.2. The molecule has 0 aliphatic rings. The second-order valence-electron chi connectivity index (χ2n) is 5.66. The van der Waals surface area contributed by atoms with Gasteiger partial charge in [-0.3, -0.25) is 0 Å². The van der Waals surface area contributed by atoms with Crippen molar-refractivity contribution < 1.29 is 25.2 Å². The Kier molecular flexibility index (Phi) is 5.69. The van der Waals surface area contributed by atoms with E-state index in [0.717, 1.165) is 0 Å². The summed E-state index contributed by atoms with van der Waals surface area (Å²) < 4.78 is 59.2. The van der Waals surface area contributed by atoms with Crippen molar-refractivity contribution >= 4 is 18.7 Å². The molecule has 0 heterocycles. The van der Waals surface area contributed by atoms with E-state index in [2.05, 4.69) is 91.9 Å². The molecule has 3 aromatic rings. The fourth-order valence-electron chi connectivity index (χ4n) is 2.29. The molecule has 0 unspecified atom stereocenters. The van der Waals surface area contributed by atoms with Gasteiger partial charge in [0, 0.05) is 5.56 Å².